The van der Waals surface area contributed by atoms with Crippen molar-refractivity contribution in [3.8, 4) is 5.75 Å². The summed E-state index contributed by atoms with van der Waals surface area (Å²) in [4.78, 5) is 0. The Hall–Kier alpha value is -1.74. The van der Waals surface area contributed by atoms with Crippen LogP contribution in [-0.2, 0) is 0 Å². The van der Waals surface area contributed by atoms with E-state index in [4.69, 9.17) is 22.1 Å². The lowest BCUT2D eigenvalue weighted by atomic mass is 10.1. The smallest absolute Gasteiger partial charge is 0.131 e. The van der Waals surface area contributed by atoms with Crippen LogP contribution in [0.3, 0.4) is 0 Å². The molecule has 19 heavy (non-hydrogen) atoms. The van der Waals surface area contributed by atoms with Crippen molar-refractivity contribution in [3.05, 3.63) is 58.4 Å². The molecule has 0 aliphatic carbocycles. The van der Waals surface area contributed by atoms with Crippen molar-refractivity contribution in [2.45, 2.75) is 20.0 Å². The van der Waals surface area contributed by atoms with E-state index in [9.17, 15) is 4.39 Å². The molecule has 2 nitrogen and oxygen atoms in total. The average molecular weight is 280 g/mol. The van der Waals surface area contributed by atoms with Gasteiger partial charge in [-0.2, -0.15) is 0 Å². The fourth-order valence-corrected chi connectivity index (χ4v) is 2.17. The normalized spacial score (nSPS) is 12.2. The maximum atomic E-state index is 13.9. The van der Waals surface area contributed by atoms with E-state index in [0.717, 1.165) is 5.56 Å². The number of benzene rings is 2. The first-order valence-electron chi connectivity index (χ1n) is 5.95. The van der Waals surface area contributed by atoms with Crippen molar-refractivity contribution in [1.29, 1.82) is 0 Å². The highest BCUT2D eigenvalue weighted by molar-refractivity contribution is 6.32. The lowest BCUT2D eigenvalue weighted by molar-refractivity contribution is 0.221. The van der Waals surface area contributed by atoms with Gasteiger partial charge >= 0.3 is 0 Å². The fourth-order valence-electron chi connectivity index (χ4n) is 1.86. The van der Waals surface area contributed by atoms with E-state index < -0.39 is 6.10 Å². The van der Waals surface area contributed by atoms with Crippen LogP contribution in [0, 0.1) is 12.7 Å². The Morgan fingerprint density at radius 3 is 2.42 bits per heavy atom. The summed E-state index contributed by atoms with van der Waals surface area (Å²) < 4.78 is 19.6. The van der Waals surface area contributed by atoms with E-state index in [1.165, 1.54) is 6.07 Å². The molecule has 0 aliphatic rings. The van der Waals surface area contributed by atoms with Crippen molar-refractivity contribution in [3.63, 3.8) is 0 Å². The summed E-state index contributed by atoms with van der Waals surface area (Å²) in [5, 5.41) is 0.406. The number of anilines is 1. The number of hydrogen-bond acceptors (Lipinski definition) is 2. The highest BCUT2D eigenvalue weighted by Crippen LogP contribution is 2.31. The van der Waals surface area contributed by atoms with Crippen LogP contribution in [-0.4, -0.2) is 0 Å². The Morgan fingerprint density at radius 2 is 1.79 bits per heavy atom. The van der Waals surface area contributed by atoms with Gasteiger partial charge in [-0.15, -0.1) is 0 Å². The Labute approximate surface area is 117 Å². The van der Waals surface area contributed by atoms with E-state index in [2.05, 4.69) is 0 Å². The Kier molecular flexibility index (Phi) is 3.96. The molecule has 2 rings (SSSR count). The van der Waals surface area contributed by atoms with E-state index in [1.807, 2.05) is 6.92 Å². The number of nitrogens with two attached hydrogens (primary N) is 1. The standard InChI is InChI=1S/C15H15ClFNO/c1-9-3-8-13(17)14(15(9)16)10(2)19-12-6-4-11(18)5-7-12/h3-8,10H,18H2,1-2H3. The minimum absolute atomic E-state index is 0.362. The zero-order chi connectivity index (χ0) is 14.0. The maximum absolute atomic E-state index is 13.9. The Balaban J connectivity index is 2.27. The molecule has 0 aromatic heterocycles. The summed E-state index contributed by atoms with van der Waals surface area (Å²) in [5.41, 5.74) is 7.45. The first kappa shape index (κ1) is 13.7. The molecule has 0 fully saturated rings. The second-order valence-electron chi connectivity index (χ2n) is 4.42. The van der Waals surface area contributed by atoms with Crippen LogP contribution < -0.4 is 10.5 Å². The summed E-state index contributed by atoms with van der Waals surface area (Å²) in [7, 11) is 0. The van der Waals surface area contributed by atoms with Crippen LogP contribution >= 0.6 is 11.6 Å². The van der Waals surface area contributed by atoms with Gasteiger partial charge in [-0.1, -0.05) is 17.7 Å². The van der Waals surface area contributed by atoms with E-state index >= 15 is 0 Å². The molecule has 2 aromatic carbocycles. The highest BCUT2D eigenvalue weighted by atomic mass is 35.5. The molecule has 0 bridgehead atoms. The molecule has 0 amide bonds. The van der Waals surface area contributed by atoms with E-state index in [-0.39, 0.29) is 5.82 Å². The summed E-state index contributed by atoms with van der Waals surface area (Å²) in [5.74, 6) is 0.261. The predicted molar refractivity (Wildman–Crippen MR) is 76.0 cm³/mol. The second kappa shape index (κ2) is 5.49. The largest absolute Gasteiger partial charge is 0.486 e. The number of rotatable bonds is 3. The maximum Gasteiger partial charge on any atom is 0.131 e. The minimum Gasteiger partial charge on any atom is -0.486 e. The average Bonchev–Trinajstić information content (AvgIpc) is 2.37. The molecule has 1 unspecified atom stereocenters. The monoisotopic (exact) mass is 279 g/mol. The third-order valence-corrected chi connectivity index (χ3v) is 3.42. The molecular formula is C15H15ClFNO. The van der Waals surface area contributed by atoms with Gasteiger partial charge in [0.25, 0.3) is 0 Å². The third kappa shape index (κ3) is 2.99. The molecule has 0 saturated heterocycles. The van der Waals surface area contributed by atoms with Crippen molar-refractivity contribution in [1.82, 2.24) is 0 Å². The molecule has 0 aliphatic heterocycles. The lowest BCUT2D eigenvalue weighted by Crippen LogP contribution is -2.07. The molecule has 0 spiro atoms. The van der Waals surface area contributed by atoms with Crippen molar-refractivity contribution >= 4 is 17.3 Å². The lowest BCUT2D eigenvalue weighted by Gasteiger charge is -2.18. The first-order valence-corrected chi connectivity index (χ1v) is 6.33. The molecule has 100 valence electrons. The van der Waals surface area contributed by atoms with Crippen LogP contribution in [0.2, 0.25) is 5.02 Å². The summed E-state index contributed by atoms with van der Waals surface area (Å²) in [6, 6.07) is 10.0. The predicted octanol–water partition coefficient (Wildman–Crippen LogP) is 4.51. The van der Waals surface area contributed by atoms with Gasteiger partial charge in [0.1, 0.15) is 17.7 Å². The van der Waals surface area contributed by atoms with Gasteiger partial charge in [0.2, 0.25) is 0 Å². The van der Waals surface area contributed by atoms with Gasteiger partial charge in [0, 0.05) is 11.3 Å². The SMILES string of the molecule is Cc1ccc(F)c(C(C)Oc2ccc(N)cc2)c1Cl. The quantitative estimate of drug-likeness (QED) is 0.839. The summed E-state index contributed by atoms with van der Waals surface area (Å²) in [6.45, 7) is 3.60. The number of aryl methyl sites for hydroxylation is 1. The van der Waals surface area contributed by atoms with Crippen molar-refractivity contribution < 1.29 is 9.13 Å². The summed E-state index contributed by atoms with van der Waals surface area (Å²) in [6.07, 6.45) is -0.476. The number of hydrogen-bond donors (Lipinski definition) is 1. The second-order valence-corrected chi connectivity index (χ2v) is 4.80. The first-order chi connectivity index (χ1) is 8.99. The van der Waals surface area contributed by atoms with Crippen LogP contribution in [0.15, 0.2) is 36.4 Å². The molecule has 4 heteroatoms. The number of nitrogen functional groups attached to an aromatic ring is 1. The van der Waals surface area contributed by atoms with Gasteiger partial charge in [-0.05, 0) is 49.7 Å². The third-order valence-electron chi connectivity index (χ3n) is 2.92. The zero-order valence-electron chi connectivity index (χ0n) is 10.8. The van der Waals surface area contributed by atoms with Crippen LogP contribution in [0.5, 0.6) is 5.75 Å². The summed E-state index contributed by atoms with van der Waals surface area (Å²) >= 11 is 6.14. The topological polar surface area (TPSA) is 35.2 Å². The van der Waals surface area contributed by atoms with Crippen molar-refractivity contribution in [2.24, 2.45) is 0 Å². The van der Waals surface area contributed by atoms with Crippen LogP contribution in [0.4, 0.5) is 10.1 Å². The molecule has 0 heterocycles. The van der Waals surface area contributed by atoms with E-state index in [0.29, 0.717) is 22.0 Å². The van der Waals surface area contributed by atoms with E-state index in [1.54, 1.807) is 37.3 Å². The zero-order valence-corrected chi connectivity index (χ0v) is 11.5. The van der Waals surface area contributed by atoms with Gasteiger partial charge in [0.15, 0.2) is 0 Å². The molecule has 0 radical (unpaired) electrons. The minimum atomic E-state index is -0.476. The molecule has 1 atom stereocenters. The van der Waals surface area contributed by atoms with Gasteiger partial charge in [-0.3, -0.25) is 0 Å². The fraction of sp³-hybridized carbons (Fsp3) is 0.200. The number of ether oxygens (including phenoxy) is 1. The molecule has 2 aromatic rings. The molecular weight excluding hydrogens is 265 g/mol. The molecule has 0 saturated carbocycles. The Bertz CT molecular complexity index is 583. The van der Waals surface area contributed by atoms with Crippen molar-refractivity contribution in [2.75, 3.05) is 5.73 Å². The number of halogens is 2. The van der Waals surface area contributed by atoms with Gasteiger partial charge in [-0.25, -0.2) is 4.39 Å². The Morgan fingerprint density at radius 1 is 1.16 bits per heavy atom. The van der Waals surface area contributed by atoms with Crippen LogP contribution in [0.1, 0.15) is 24.2 Å². The van der Waals surface area contributed by atoms with Gasteiger partial charge in [0.05, 0.1) is 5.02 Å². The van der Waals surface area contributed by atoms with Gasteiger partial charge < -0.3 is 10.5 Å². The van der Waals surface area contributed by atoms with Crippen LogP contribution in [0.25, 0.3) is 0 Å². The molecule has 2 N–H and O–H groups in total. The highest BCUT2D eigenvalue weighted by Gasteiger charge is 2.18.